The number of rotatable bonds is 4. The molecular formula is C15H17N3O. The minimum Gasteiger partial charge on any atom is -0.493 e. The van der Waals surface area contributed by atoms with E-state index in [1.807, 2.05) is 42.1 Å². The number of nitrogens with two attached hydrogens (primary N) is 1. The van der Waals surface area contributed by atoms with E-state index < -0.39 is 0 Å². The quantitative estimate of drug-likeness (QED) is 0.839. The van der Waals surface area contributed by atoms with Crippen molar-refractivity contribution >= 4 is 0 Å². The Morgan fingerprint density at radius 1 is 1.26 bits per heavy atom. The maximum Gasteiger partial charge on any atom is 0.119 e. The molecule has 98 valence electrons. The van der Waals surface area contributed by atoms with E-state index in [0.29, 0.717) is 13.2 Å². The van der Waals surface area contributed by atoms with Crippen molar-refractivity contribution in [1.82, 2.24) is 9.78 Å². The van der Waals surface area contributed by atoms with E-state index in [0.717, 1.165) is 23.4 Å². The van der Waals surface area contributed by atoms with Crippen LogP contribution in [0.15, 0.2) is 36.5 Å². The summed E-state index contributed by atoms with van der Waals surface area (Å²) in [5, 5.41) is 4.12. The van der Waals surface area contributed by atoms with Gasteiger partial charge in [0, 0.05) is 30.9 Å². The molecule has 0 aliphatic heterocycles. The fourth-order valence-electron chi connectivity index (χ4n) is 1.71. The average Bonchev–Trinajstić information content (AvgIpc) is 2.84. The van der Waals surface area contributed by atoms with E-state index in [9.17, 15) is 0 Å². The maximum atomic E-state index is 5.68. The molecule has 1 aromatic heterocycles. The SMILES string of the molecule is Cn1nccc1CCOc1ccc(C#CCN)cc1. The van der Waals surface area contributed by atoms with Crippen molar-refractivity contribution < 1.29 is 4.74 Å². The molecule has 1 aromatic carbocycles. The van der Waals surface area contributed by atoms with Crippen molar-refractivity contribution in [3.63, 3.8) is 0 Å². The van der Waals surface area contributed by atoms with E-state index in [4.69, 9.17) is 10.5 Å². The van der Waals surface area contributed by atoms with Crippen LogP contribution >= 0.6 is 0 Å². The van der Waals surface area contributed by atoms with Crippen LogP contribution in [0.25, 0.3) is 0 Å². The Hall–Kier alpha value is -2.25. The molecule has 0 amide bonds. The Morgan fingerprint density at radius 2 is 2.05 bits per heavy atom. The highest BCUT2D eigenvalue weighted by molar-refractivity contribution is 5.38. The highest BCUT2D eigenvalue weighted by atomic mass is 16.5. The zero-order valence-electron chi connectivity index (χ0n) is 11.0. The molecule has 4 nitrogen and oxygen atoms in total. The molecule has 0 saturated carbocycles. The van der Waals surface area contributed by atoms with Gasteiger partial charge in [0.15, 0.2) is 0 Å². The summed E-state index contributed by atoms with van der Waals surface area (Å²) < 4.78 is 7.54. The summed E-state index contributed by atoms with van der Waals surface area (Å²) in [5.41, 5.74) is 7.43. The summed E-state index contributed by atoms with van der Waals surface area (Å²) in [5.74, 6) is 6.64. The maximum absolute atomic E-state index is 5.68. The number of nitrogens with zero attached hydrogens (tertiary/aromatic N) is 2. The predicted octanol–water partition coefficient (Wildman–Crippen LogP) is 1.35. The molecule has 0 saturated heterocycles. The number of ether oxygens (including phenoxy) is 1. The Kier molecular flexibility index (Phi) is 4.60. The second-order valence-electron chi connectivity index (χ2n) is 4.07. The van der Waals surface area contributed by atoms with E-state index in [1.165, 1.54) is 0 Å². The minimum atomic E-state index is 0.378. The standard InChI is InChI=1S/C15H17N3O/c1-18-14(8-11-17-18)9-12-19-15-6-4-13(5-7-15)3-2-10-16/h4-8,11H,9-10,12,16H2,1H3. The van der Waals surface area contributed by atoms with E-state index in [1.54, 1.807) is 6.20 Å². The zero-order valence-corrected chi connectivity index (χ0v) is 11.0. The van der Waals surface area contributed by atoms with Gasteiger partial charge in [-0.1, -0.05) is 11.8 Å². The lowest BCUT2D eigenvalue weighted by Crippen LogP contribution is -2.05. The Balaban J connectivity index is 1.85. The number of aromatic nitrogens is 2. The summed E-state index contributed by atoms with van der Waals surface area (Å²) in [6.45, 7) is 1.01. The Bertz CT molecular complexity index is 575. The van der Waals surface area contributed by atoms with E-state index >= 15 is 0 Å². The fourth-order valence-corrected chi connectivity index (χ4v) is 1.71. The van der Waals surface area contributed by atoms with Crippen LogP contribution in [0.3, 0.4) is 0 Å². The van der Waals surface area contributed by atoms with Crippen LogP contribution in [0.4, 0.5) is 0 Å². The van der Waals surface area contributed by atoms with Gasteiger partial charge >= 0.3 is 0 Å². The first kappa shape index (κ1) is 13.2. The van der Waals surface area contributed by atoms with Crippen LogP contribution in [0.1, 0.15) is 11.3 Å². The third kappa shape index (κ3) is 3.87. The fraction of sp³-hybridized carbons (Fsp3) is 0.267. The highest BCUT2D eigenvalue weighted by Crippen LogP contribution is 2.12. The van der Waals surface area contributed by atoms with Crippen LogP contribution in [0.2, 0.25) is 0 Å². The van der Waals surface area contributed by atoms with Crippen LogP contribution in [0.5, 0.6) is 5.75 Å². The first-order chi connectivity index (χ1) is 9.29. The van der Waals surface area contributed by atoms with Gasteiger partial charge in [-0.25, -0.2) is 0 Å². The van der Waals surface area contributed by atoms with E-state index in [2.05, 4.69) is 16.9 Å². The van der Waals surface area contributed by atoms with Gasteiger partial charge in [-0.2, -0.15) is 5.10 Å². The largest absolute Gasteiger partial charge is 0.493 e. The van der Waals surface area contributed by atoms with Crippen LogP contribution < -0.4 is 10.5 Å². The third-order valence-electron chi connectivity index (χ3n) is 2.74. The zero-order chi connectivity index (χ0) is 13.5. The summed E-state index contributed by atoms with van der Waals surface area (Å²) in [4.78, 5) is 0. The lowest BCUT2D eigenvalue weighted by atomic mass is 10.2. The van der Waals surface area contributed by atoms with Crippen molar-refractivity contribution in [1.29, 1.82) is 0 Å². The van der Waals surface area contributed by atoms with Crippen LogP contribution in [-0.4, -0.2) is 22.9 Å². The number of hydrogen-bond donors (Lipinski definition) is 1. The lowest BCUT2D eigenvalue weighted by Gasteiger charge is -2.06. The van der Waals surface area contributed by atoms with Gasteiger partial charge in [0.1, 0.15) is 5.75 Å². The van der Waals surface area contributed by atoms with Gasteiger partial charge in [-0.3, -0.25) is 4.68 Å². The molecule has 0 aliphatic rings. The van der Waals surface area contributed by atoms with Crippen molar-refractivity contribution in [2.75, 3.05) is 13.2 Å². The number of aryl methyl sites for hydroxylation is 1. The summed E-state index contributed by atoms with van der Waals surface area (Å²) in [6, 6.07) is 9.70. The Morgan fingerprint density at radius 3 is 2.68 bits per heavy atom. The molecular weight excluding hydrogens is 238 g/mol. The van der Waals surface area contributed by atoms with Crippen molar-refractivity contribution in [3.8, 4) is 17.6 Å². The lowest BCUT2D eigenvalue weighted by molar-refractivity contribution is 0.318. The molecule has 4 heteroatoms. The van der Waals surface area contributed by atoms with Gasteiger partial charge in [0.25, 0.3) is 0 Å². The van der Waals surface area contributed by atoms with Gasteiger partial charge in [-0.15, -0.1) is 0 Å². The summed E-state index contributed by atoms with van der Waals surface area (Å²) in [7, 11) is 1.93. The molecule has 1 heterocycles. The second kappa shape index (κ2) is 6.62. The summed E-state index contributed by atoms with van der Waals surface area (Å²) >= 11 is 0. The molecule has 2 N–H and O–H groups in total. The highest BCUT2D eigenvalue weighted by Gasteiger charge is 1.99. The molecule has 2 rings (SSSR count). The molecule has 2 aromatic rings. The smallest absolute Gasteiger partial charge is 0.119 e. The first-order valence-corrected chi connectivity index (χ1v) is 6.18. The van der Waals surface area contributed by atoms with Crippen molar-refractivity contribution in [3.05, 3.63) is 47.8 Å². The van der Waals surface area contributed by atoms with E-state index in [-0.39, 0.29) is 0 Å². The topological polar surface area (TPSA) is 53.1 Å². The normalized spacial score (nSPS) is 9.79. The van der Waals surface area contributed by atoms with Crippen molar-refractivity contribution in [2.45, 2.75) is 6.42 Å². The van der Waals surface area contributed by atoms with Gasteiger partial charge in [0.05, 0.1) is 13.2 Å². The average molecular weight is 255 g/mol. The Labute approximate surface area is 113 Å². The molecule has 0 unspecified atom stereocenters. The van der Waals surface area contributed by atoms with Crippen molar-refractivity contribution in [2.24, 2.45) is 12.8 Å². The number of benzene rings is 1. The monoisotopic (exact) mass is 255 g/mol. The van der Waals surface area contributed by atoms with Gasteiger partial charge in [0.2, 0.25) is 0 Å². The molecule has 0 bridgehead atoms. The molecule has 0 spiro atoms. The van der Waals surface area contributed by atoms with Gasteiger partial charge < -0.3 is 10.5 Å². The minimum absolute atomic E-state index is 0.378. The number of hydrogen-bond acceptors (Lipinski definition) is 3. The molecule has 0 radical (unpaired) electrons. The first-order valence-electron chi connectivity index (χ1n) is 6.18. The molecule has 19 heavy (non-hydrogen) atoms. The van der Waals surface area contributed by atoms with Crippen LogP contribution in [0, 0.1) is 11.8 Å². The summed E-state index contributed by atoms with van der Waals surface area (Å²) in [6.07, 6.45) is 2.63. The second-order valence-corrected chi connectivity index (χ2v) is 4.07. The molecule has 0 fully saturated rings. The molecule has 0 aliphatic carbocycles. The predicted molar refractivity (Wildman–Crippen MR) is 74.8 cm³/mol. The van der Waals surface area contributed by atoms with Gasteiger partial charge in [-0.05, 0) is 30.3 Å². The van der Waals surface area contributed by atoms with Crippen LogP contribution in [-0.2, 0) is 13.5 Å². The third-order valence-corrected chi connectivity index (χ3v) is 2.74. The molecule has 0 atom stereocenters.